The number of carbonyl (C=O) groups is 1. The Morgan fingerprint density at radius 3 is 2.92 bits per heavy atom. The first-order chi connectivity index (χ1) is 11.6. The Morgan fingerprint density at radius 2 is 2.21 bits per heavy atom. The smallest absolute Gasteiger partial charge is 0.261 e. The van der Waals surface area contributed by atoms with Gasteiger partial charge < -0.3 is 10.1 Å². The number of thiocarbonyl (C=S) groups is 1. The Morgan fingerprint density at radius 1 is 1.38 bits per heavy atom. The van der Waals surface area contributed by atoms with E-state index in [1.807, 2.05) is 13.0 Å². The number of hydrogen-bond donors (Lipinski definition) is 2. The van der Waals surface area contributed by atoms with Crippen molar-refractivity contribution in [1.29, 1.82) is 0 Å². The van der Waals surface area contributed by atoms with E-state index in [1.165, 1.54) is 31.3 Å². The highest BCUT2D eigenvalue weighted by Crippen LogP contribution is 2.23. The highest BCUT2D eigenvalue weighted by molar-refractivity contribution is 9.10. The average Bonchev–Trinajstić information content (AvgIpc) is 2.57. The van der Waals surface area contributed by atoms with E-state index in [9.17, 15) is 4.79 Å². The molecule has 1 aliphatic carbocycles. The van der Waals surface area contributed by atoms with Crippen LogP contribution in [0.25, 0.3) is 0 Å². The number of amides is 1. The Labute approximate surface area is 157 Å². The summed E-state index contributed by atoms with van der Waals surface area (Å²) in [7, 11) is 0. The molecule has 4 nitrogen and oxygen atoms in total. The molecular formula is C18H23BrN2O2S. The lowest BCUT2D eigenvalue weighted by molar-refractivity contribution is 0.0973. The van der Waals surface area contributed by atoms with Gasteiger partial charge in [0.15, 0.2) is 5.11 Å². The summed E-state index contributed by atoms with van der Waals surface area (Å²) >= 11 is 8.60. The van der Waals surface area contributed by atoms with Crippen molar-refractivity contribution >= 4 is 39.2 Å². The van der Waals surface area contributed by atoms with Crippen LogP contribution in [0.4, 0.5) is 0 Å². The van der Waals surface area contributed by atoms with Gasteiger partial charge in [0, 0.05) is 11.0 Å². The highest BCUT2D eigenvalue weighted by Gasteiger charge is 2.14. The molecule has 0 radical (unpaired) electrons. The van der Waals surface area contributed by atoms with E-state index >= 15 is 0 Å². The monoisotopic (exact) mass is 410 g/mol. The van der Waals surface area contributed by atoms with Crippen LogP contribution in [0, 0.1) is 0 Å². The molecule has 0 heterocycles. The summed E-state index contributed by atoms with van der Waals surface area (Å²) in [6.45, 7) is 3.12. The second kappa shape index (κ2) is 9.79. The van der Waals surface area contributed by atoms with Crippen molar-refractivity contribution in [3.63, 3.8) is 0 Å². The minimum Gasteiger partial charge on any atom is -0.493 e. The Bertz CT molecular complexity index is 631. The molecule has 0 saturated carbocycles. The van der Waals surface area contributed by atoms with Crippen LogP contribution < -0.4 is 15.4 Å². The highest BCUT2D eigenvalue weighted by atomic mass is 79.9. The molecule has 0 spiro atoms. The van der Waals surface area contributed by atoms with E-state index in [2.05, 4.69) is 32.6 Å². The zero-order chi connectivity index (χ0) is 17.4. The van der Waals surface area contributed by atoms with Crippen LogP contribution in [0.3, 0.4) is 0 Å². The van der Waals surface area contributed by atoms with Gasteiger partial charge in [-0.2, -0.15) is 0 Å². The van der Waals surface area contributed by atoms with Crippen LogP contribution in [0.5, 0.6) is 5.75 Å². The van der Waals surface area contributed by atoms with Crippen LogP contribution in [0.2, 0.25) is 0 Å². The summed E-state index contributed by atoms with van der Waals surface area (Å²) in [6.07, 6.45) is 8.21. The van der Waals surface area contributed by atoms with Crippen LogP contribution >= 0.6 is 28.1 Å². The van der Waals surface area contributed by atoms with Crippen molar-refractivity contribution in [2.45, 2.75) is 39.0 Å². The molecule has 0 unspecified atom stereocenters. The molecule has 24 heavy (non-hydrogen) atoms. The molecule has 2 rings (SSSR count). The number of rotatable bonds is 6. The molecule has 0 aromatic heterocycles. The third kappa shape index (κ3) is 5.91. The van der Waals surface area contributed by atoms with E-state index in [0.717, 1.165) is 17.4 Å². The number of benzene rings is 1. The van der Waals surface area contributed by atoms with Gasteiger partial charge in [-0.1, -0.05) is 27.6 Å². The van der Waals surface area contributed by atoms with Gasteiger partial charge in [0.1, 0.15) is 5.75 Å². The van der Waals surface area contributed by atoms with Crippen molar-refractivity contribution in [2.24, 2.45) is 0 Å². The first kappa shape index (κ1) is 18.9. The average molecular weight is 411 g/mol. The van der Waals surface area contributed by atoms with Gasteiger partial charge in [0.05, 0.1) is 12.2 Å². The Hall–Kier alpha value is -1.40. The maximum Gasteiger partial charge on any atom is 0.261 e. The molecule has 1 aromatic rings. The van der Waals surface area contributed by atoms with Crippen molar-refractivity contribution in [3.8, 4) is 5.75 Å². The minimum atomic E-state index is -0.269. The molecule has 0 atom stereocenters. The second-order valence-electron chi connectivity index (χ2n) is 5.64. The summed E-state index contributed by atoms with van der Waals surface area (Å²) in [5.74, 6) is 0.280. The van der Waals surface area contributed by atoms with Gasteiger partial charge in [-0.3, -0.25) is 10.1 Å². The lowest BCUT2D eigenvalue weighted by atomic mass is 9.97. The molecule has 0 aliphatic heterocycles. The van der Waals surface area contributed by atoms with Crippen molar-refractivity contribution < 1.29 is 9.53 Å². The van der Waals surface area contributed by atoms with E-state index < -0.39 is 0 Å². The van der Waals surface area contributed by atoms with E-state index in [-0.39, 0.29) is 5.91 Å². The predicted octanol–water partition coefficient (Wildman–Crippen LogP) is 4.34. The van der Waals surface area contributed by atoms with Crippen molar-refractivity contribution in [3.05, 3.63) is 39.9 Å². The second-order valence-corrected chi connectivity index (χ2v) is 6.97. The molecule has 130 valence electrons. The molecular weight excluding hydrogens is 388 g/mol. The van der Waals surface area contributed by atoms with E-state index in [1.54, 1.807) is 12.1 Å². The zero-order valence-electron chi connectivity index (χ0n) is 13.9. The number of carbonyl (C=O) groups excluding carboxylic acids is 1. The number of nitrogens with one attached hydrogen (secondary N) is 2. The number of hydrogen-bond acceptors (Lipinski definition) is 3. The van der Waals surface area contributed by atoms with Gasteiger partial charge in [-0.25, -0.2) is 0 Å². The fourth-order valence-corrected chi connectivity index (χ4v) is 3.20. The first-order valence-electron chi connectivity index (χ1n) is 8.29. The third-order valence-corrected chi connectivity index (χ3v) is 4.57. The molecule has 6 heteroatoms. The van der Waals surface area contributed by atoms with Crippen LogP contribution in [0.15, 0.2) is 34.3 Å². The van der Waals surface area contributed by atoms with E-state index in [0.29, 0.717) is 23.0 Å². The maximum absolute atomic E-state index is 12.4. The molecule has 0 fully saturated rings. The number of ether oxygens (including phenoxy) is 1. The Kier molecular flexibility index (Phi) is 7.72. The van der Waals surface area contributed by atoms with Gasteiger partial charge in [-0.05, 0) is 69.4 Å². The fraction of sp³-hybridized carbons (Fsp3) is 0.444. The van der Waals surface area contributed by atoms with Gasteiger partial charge in [0.2, 0.25) is 0 Å². The topological polar surface area (TPSA) is 50.4 Å². The van der Waals surface area contributed by atoms with E-state index in [4.69, 9.17) is 17.0 Å². The lowest BCUT2D eigenvalue weighted by Gasteiger charge is -2.15. The van der Waals surface area contributed by atoms with Crippen LogP contribution in [0.1, 0.15) is 49.4 Å². The fourth-order valence-electron chi connectivity index (χ4n) is 2.64. The summed E-state index contributed by atoms with van der Waals surface area (Å²) < 4.78 is 6.32. The van der Waals surface area contributed by atoms with Crippen LogP contribution in [-0.2, 0) is 0 Å². The quantitative estimate of drug-likeness (QED) is 0.540. The number of halogens is 1. The van der Waals surface area contributed by atoms with Gasteiger partial charge >= 0.3 is 0 Å². The largest absolute Gasteiger partial charge is 0.493 e. The maximum atomic E-state index is 12.4. The Balaban J connectivity index is 1.86. The first-order valence-corrected chi connectivity index (χ1v) is 9.49. The SMILES string of the molecule is CCOc1ccc(Br)cc1C(=O)NC(=S)NCCC1=CCCCC1. The predicted molar refractivity (Wildman–Crippen MR) is 105 cm³/mol. The summed E-state index contributed by atoms with van der Waals surface area (Å²) in [5, 5.41) is 6.17. The molecule has 0 saturated heterocycles. The molecule has 0 bridgehead atoms. The van der Waals surface area contributed by atoms with Crippen molar-refractivity contribution in [2.75, 3.05) is 13.2 Å². The normalized spacial score (nSPS) is 13.8. The molecule has 1 amide bonds. The standard InChI is InChI=1S/C18H23BrN2O2S/c1-2-23-16-9-8-14(19)12-15(16)17(22)21-18(24)20-11-10-13-6-4-3-5-7-13/h6,8-9,12H,2-5,7,10-11H2,1H3,(H2,20,21,22,24). The zero-order valence-corrected chi connectivity index (χ0v) is 16.3. The summed E-state index contributed by atoms with van der Waals surface area (Å²) in [6, 6.07) is 5.35. The molecule has 1 aromatic carbocycles. The minimum absolute atomic E-state index is 0.269. The van der Waals surface area contributed by atoms with Crippen LogP contribution in [-0.4, -0.2) is 24.2 Å². The van der Waals surface area contributed by atoms with Gasteiger partial charge in [-0.15, -0.1) is 0 Å². The summed E-state index contributed by atoms with van der Waals surface area (Å²) in [5.41, 5.74) is 1.94. The molecule has 2 N–H and O–H groups in total. The molecule has 1 aliphatic rings. The van der Waals surface area contributed by atoms with Gasteiger partial charge in [0.25, 0.3) is 5.91 Å². The summed E-state index contributed by atoms with van der Waals surface area (Å²) in [4.78, 5) is 12.4. The third-order valence-electron chi connectivity index (χ3n) is 3.83. The number of allylic oxidation sites excluding steroid dienone is 1. The lowest BCUT2D eigenvalue weighted by Crippen LogP contribution is -2.39. The van der Waals surface area contributed by atoms with Crippen molar-refractivity contribution in [1.82, 2.24) is 10.6 Å².